The van der Waals surface area contributed by atoms with Crippen molar-refractivity contribution in [2.45, 2.75) is 46.1 Å². The van der Waals surface area contributed by atoms with Gasteiger partial charge in [-0.3, -0.25) is 4.79 Å². The molecule has 0 saturated carbocycles. The van der Waals surface area contributed by atoms with Crippen LogP contribution in [0, 0.1) is 17.2 Å². The molecule has 5 nitrogen and oxygen atoms in total. The van der Waals surface area contributed by atoms with Gasteiger partial charge in [0, 0.05) is 11.0 Å². The Morgan fingerprint density at radius 1 is 1.38 bits per heavy atom. The molecule has 0 aliphatic heterocycles. The molecule has 2 aromatic rings. The molecule has 0 spiro atoms. The molecule has 6 heteroatoms. The summed E-state index contributed by atoms with van der Waals surface area (Å²) >= 11 is 1.53. The Kier molecular flexibility index (Phi) is 6.60. The number of thiophene rings is 1. The van der Waals surface area contributed by atoms with Gasteiger partial charge in [0.15, 0.2) is 11.5 Å². The largest absolute Gasteiger partial charge is 0.493 e. The summed E-state index contributed by atoms with van der Waals surface area (Å²) in [4.78, 5) is 13.7. The van der Waals surface area contributed by atoms with Gasteiger partial charge in [0.1, 0.15) is 11.1 Å². The summed E-state index contributed by atoms with van der Waals surface area (Å²) in [6, 6.07) is 7.81. The van der Waals surface area contributed by atoms with Gasteiger partial charge < -0.3 is 14.8 Å². The molecule has 0 bridgehead atoms. The lowest BCUT2D eigenvalue weighted by Crippen LogP contribution is -2.10. The quantitative estimate of drug-likeness (QED) is 0.665. The van der Waals surface area contributed by atoms with Crippen molar-refractivity contribution in [3.8, 4) is 17.6 Å². The number of carbonyl (C=O) groups is 1. The lowest BCUT2D eigenvalue weighted by molar-refractivity contribution is -0.111. The third-order valence-electron chi connectivity index (χ3n) is 4.84. The lowest BCUT2D eigenvalue weighted by atomic mass is 9.89. The molecule has 1 heterocycles. The molecule has 0 saturated heterocycles. The maximum absolute atomic E-state index is 12.4. The van der Waals surface area contributed by atoms with Crippen LogP contribution in [-0.2, 0) is 17.6 Å². The molecule has 152 valence electrons. The molecular formula is C23H26N2O3S. The Balaban J connectivity index is 1.73. The number of nitrogens with one attached hydrogen (secondary N) is 1. The first-order chi connectivity index (χ1) is 13.9. The van der Waals surface area contributed by atoms with E-state index in [-0.39, 0.29) is 12.0 Å². The van der Waals surface area contributed by atoms with Crippen LogP contribution in [0.3, 0.4) is 0 Å². The number of hydrogen-bond acceptors (Lipinski definition) is 5. The molecule has 0 fully saturated rings. The van der Waals surface area contributed by atoms with E-state index < -0.39 is 0 Å². The number of carbonyl (C=O) groups excluding carboxylic acids is 1. The van der Waals surface area contributed by atoms with Gasteiger partial charge in [-0.1, -0.05) is 13.0 Å². The first-order valence-corrected chi connectivity index (χ1v) is 10.6. The topological polar surface area (TPSA) is 71.3 Å². The maximum Gasteiger partial charge on any atom is 0.249 e. The first-order valence-electron chi connectivity index (χ1n) is 9.79. The fourth-order valence-electron chi connectivity index (χ4n) is 3.42. The van der Waals surface area contributed by atoms with Crippen LogP contribution in [0.5, 0.6) is 11.5 Å². The van der Waals surface area contributed by atoms with Gasteiger partial charge in [-0.15, -0.1) is 11.3 Å². The number of anilines is 1. The van der Waals surface area contributed by atoms with Crippen LogP contribution < -0.4 is 14.8 Å². The van der Waals surface area contributed by atoms with Crippen LogP contribution in [0.2, 0.25) is 0 Å². The van der Waals surface area contributed by atoms with Crippen LogP contribution >= 0.6 is 11.3 Å². The van der Waals surface area contributed by atoms with Crippen LogP contribution in [0.15, 0.2) is 24.3 Å². The van der Waals surface area contributed by atoms with E-state index in [1.54, 1.807) is 13.2 Å². The van der Waals surface area contributed by atoms with E-state index in [2.05, 4.69) is 18.3 Å². The Hall–Kier alpha value is -2.78. The van der Waals surface area contributed by atoms with Gasteiger partial charge >= 0.3 is 0 Å². The number of benzene rings is 1. The van der Waals surface area contributed by atoms with Crippen LogP contribution in [0.25, 0.3) is 6.08 Å². The SMILES string of the molecule is COc1cc(/C=C/C(=O)Nc2sc3c(c2C#N)CCC(C)C3)ccc1OC(C)C. The number of hydrogen-bond donors (Lipinski definition) is 1. The van der Waals surface area contributed by atoms with Crippen molar-refractivity contribution in [2.24, 2.45) is 5.92 Å². The number of nitrogens with zero attached hydrogens (tertiary/aromatic N) is 1. The number of nitriles is 1. The van der Waals surface area contributed by atoms with Crippen molar-refractivity contribution < 1.29 is 14.3 Å². The molecule has 0 radical (unpaired) electrons. The van der Waals surface area contributed by atoms with Crippen LogP contribution in [0.1, 0.15) is 48.8 Å². The number of ether oxygens (including phenoxy) is 2. The predicted molar refractivity (Wildman–Crippen MR) is 117 cm³/mol. The van der Waals surface area contributed by atoms with Gasteiger partial charge in [-0.05, 0) is 68.4 Å². The first kappa shape index (κ1) is 20.9. The molecule has 1 N–H and O–H groups in total. The molecule has 3 rings (SSSR count). The average Bonchev–Trinajstić information content (AvgIpc) is 3.02. The van der Waals surface area contributed by atoms with Gasteiger partial charge in [-0.25, -0.2) is 0 Å². The second-order valence-corrected chi connectivity index (χ2v) is 8.67. The Morgan fingerprint density at radius 2 is 2.17 bits per heavy atom. The van der Waals surface area contributed by atoms with E-state index in [0.29, 0.717) is 28.0 Å². The summed E-state index contributed by atoms with van der Waals surface area (Å²) in [7, 11) is 1.59. The molecule has 1 atom stereocenters. The molecule has 1 unspecified atom stereocenters. The zero-order valence-electron chi connectivity index (χ0n) is 17.2. The maximum atomic E-state index is 12.4. The number of fused-ring (bicyclic) bond motifs is 1. The molecule has 29 heavy (non-hydrogen) atoms. The summed E-state index contributed by atoms with van der Waals surface area (Å²) in [5.41, 5.74) is 2.56. The van der Waals surface area contributed by atoms with Crippen molar-refractivity contribution in [1.82, 2.24) is 0 Å². The van der Waals surface area contributed by atoms with E-state index in [1.807, 2.05) is 32.0 Å². The fourth-order valence-corrected chi connectivity index (χ4v) is 4.79. The standard InChI is InChI=1S/C23H26N2O3S/c1-14(2)28-19-9-6-16(12-20(19)27-4)7-10-22(26)25-23-18(13-24)17-8-5-15(3)11-21(17)29-23/h6-7,9-10,12,14-15H,5,8,11H2,1-4H3,(H,25,26)/b10-7+. The zero-order valence-corrected chi connectivity index (χ0v) is 18.1. The van der Waals surface area contributed by atoms with Crippen molar-refractivity contribution in [3.05, 3.63) is 45.8 Å². The third-order valence-corrected chi connectivity index (χ3v) is 6.01. The predicted octanol–water partition coefficient (Wildman–Crippen LogP) is 5.19. The minimum absolute atomic E-state index is 0.0463. The fraction of sp³-hybridized carbons (Fsp3) is 0.391. The molecule has 1 amide bonds. The summed E-state index contributed by atoms with van der Waals surface area (Å²) in [6.45, 7) is 6.13. The second-order valence-electron chi connectivity index (χ2n) is 7.57. The molecule has 1 aromatic heterocycles. The summed E-state index contributed by atoms with van der Waals surface area (Å²) in [5, 5.41) is 13.1. The smallest absolute Gasteiger partial charge is 0.249 e. The highest BCUT2D eigenvalue weighted by Crippen LogP contribution is 2.39. The highest BCUT2D eigenvalue weighted by molar-refractivity contribution is 7.16. The molecule has 1 aliphatic rings. The minimum atomic E-state index is -0.255. The van der Waals surface area contributed by atoms with E-state index in [0.717, 1.165) is 30.4 Å². The Morgan fingerprint density at radius 3 is 2.86 bits per heavy atom. The number of methoxy groups -OCH3 is 1. The molecule has 1 aromatic carbocycles. The zero-order chi connectivity index (χ0) is 21.0. The van der Waals surface area contributed by atoms with Gasteiger partial charge in [-0.2, -0.15) is 5.26 Å². The molecular weight excluding hydrogens is 384 g/mol. The molecule has 1 aliphatic carbocycles. The van der Waals surface area contributed by atoms with Gasteiger partial charge in [0.2, 0.25) is 5.91 Å². The number of rotatable bonds is 6. The van der Waals surface area contributed by atoms with E-state index in [1.165, 1.54) is 22.3 Å². The summed E-state index contributed by atoms with van der Waals surface area (Å²) < 4.78 is 11.1. The number of amides is 1. The minimum Gasteiger partial charge on any atom is -0.493 e. The van der Waals surface area contributed by atoms with Gasteiger partial charge in [0.05, 0.1) is 18.8 Å². The van der Waals surface area contributed by atoms with Crippen molar-refractivity contribution in [2.75, 3.05) is 12.4 Å². The van der Waals surface area contributed by atoms with Crippen molar-refractivity contribution >= 4 is 28.3 Å². The van der Waals surface area contributed by atoms with Crippen molar-refractivity contribution in [1.29, 1.82) is 5.26 Å². The average molecular weight is 411 g/mol. The van der Waals surface area contributed by atoms with E-state index in [9.17, 15) is 10.1 Å². The van der Waals surface area contributed by atoms with E-state index >= 15 is 0 Å². The van der Waals surface area contributed by atoms with Gasteiger partial charge in [0.25, 0.3) is 0 Å². The van der Waals surface area contributed by atoms with Crippen LogP contribution in [-0.4, -0.2) is 19.1 Å². The van der Waals surface area contributed by atoms with E-state index in [4.69, 9.17) is 9.47 Å². The Labute approximate surface area is 176 Å². The third kappa shape index (κ3) is 4.99. The lowest BCUT2D eigenvalue weighted by Gasteiger charge is -2.17. The Bertz CT molecular complexity index is 969. The highest BCUT2D eigenvalue weighted by atomic mass is 32.1. The normalized spacial score (nSPS) is 15.8. The monoisotopic (exact) mass is 410 g/mol. The summed E-state index contributed by atoms with van der Waals surface area (Å²) in [6.07, 6.45) is 6.21. The highest BCUT2D eigenvalue weighted by Gasteiger charge is 2.24. The second kappa shape index (κ2) is 9.15. The summed E-state index contributed by atoms with van der Waals surface area (Å²) in [5.74, 6) is 1.65. The van der Waals surface area contributed by atoms with Crippen molar-refractivity contribution in [3.63, 3.8) is 0 Å². The van der Waals surface area contributed by atoms with Crippen LogP contribution in [0.4, 0.5) is 5.00 Å².